The van der Waals surface area contributed by atoms with Crippen LogP contribution in [0, 0.1) is 0 Å². The number of hydrazine groups is 1. The molecule has 0 bridgehead atoms. The topological polar surface area (TPSA) is 67.9 Å². The van der Waals surface area contributed by atoms with Gasteiger partial charge in [0, 0.05) is 18.7 Å². The number of rotatable bonds is 3. The SMILES string of the molecule is CCOC(=O)C(C)=C1CN(NC(=O)OC(C)(C)C)C1. The van der Waals surface area contributed by atoms with E-state index in [0.29, 0.717) is 25.3 Å². The first kappa shape index (κ1) is 15.5. The molecule has 0 radical (unpaired) electrons. The number of carbonyl (C=O) groups excluding carboxylic acids is 2. The highest BCUT2D eigenvalue weighted by molar-refractivity contribution is 5.89. The monoisotopic (exact) mass is 270 g/mol. The second kappa shape index (κ2) is 6.06. The van der Waals surface area contributed by atoms with E-state index < -0.39 is 11.7 Å². The van der Waals surface area contributed by atoms with E-state index in [4.69, 9.17) is 9.47 Å². The molecule has 1 aliphatic heterocycles. The van der Waals surface area contributed by atoms with Gasteiger partial charge in [-0.05, 0) is 40.2 Å². The zero-order valence-electron chi connectivity index (χ0n) is 12.2. The molecule has 0 unspecified atom stereocenters. The molecule has 0 aromatic carbocycles. The van der Waals surface area contributed by atoms with Gasteiger partial charge >= 0.3 is 12.1 Å². The first-order chi connectivity index (χ1) is 8.73. The van der Waals surface area contributed by atoms with Gasteiger partial charge < -0.3 is 9.47 Å². The van der Waals surface area contributed by atoms with Crippen molar-refractivity contribution in [2.45, 2.75) is 40.2 Å². The van der Waals surface area contributed by atoms with Crippen LogP contribution < -0.4 is 5.43 Å². The van der Waals surface area contributed by atoms with Crippen molar-refractivity contribution in [3.05, 3.63) is 11.1 Å². The van der Waals surface area contributed by atoms with Crippen molar-refractivity contribution in [2.75, 3.05) is 19.7 Å². The lowest BCUT2D eigenvalue weighted by Crippen LogP contribution is -2.53. The Morgan fingerprint density at radius 3 is 2.37 bits per heavy atom. The van der Waals surface area contributed by atoms with Gasteiger partial charge in [0.2, 0.25) is 0 Å². The number of hydrogen-bond donors (Lipinski definition) is 1. The van der Waals surface area contributed by atoms with Crippen LogP contribution in [0.15, 0.2) is 11.1 Å². The van der Waals surface area contributed by atoms with Crippen LogP contribution in [0.2, 0.25) is 0 Å². The van der Waals surface area contributed by atoms with Gasteiger partial charge in [-0.1, -0.05) is 0 Å². The summed E-state index contributed by atoms with van der Waals surface area (Å²) in [6.07, 6.45) is -0.486. The van der Waals surface area contributed by atoms with E-state index in [1.165, 1.54) is 0 Å². The summed E-state index contributed by atoms with van der Waals surface area (Å²) in [5.74, 6) is -0.297. The molecule has 1 amide bonds. The molecule has 1 N–H and O–H groups in total. The number of hydrogen-bond acceptors (Lipinski definition) is 5. The molecule has 1 heterocycles. The largest absolute Gasteiger partial charge is 0.463 e. The van der Waals surface area contributed by atoms with Crippen molar-refractivity contribution in [3.63, 3.8) is 0 Å². The molecule has 6 nitrogen and oxygen atoms in total. The summed E-state index contributed by atoms with van der Waals surface area (Å²) in [5, 5.41) is 1.69. The van der Waals surface area contributed by atoms with Crippen LogP contribution in [0.3, 0.4) is 0 Å². The number of nitrogens with one attached hydrogen (secondary N) is 1. The Kier molecular flexibility index (Phi) is 4.94. The molecule has 108 valence electrons. The summed E-state index contributed by atoms with van der Waals surface area (Å²) in [6.45, 7) is 10.3. The van der Waals surface area contributed by atoms with Crippen LogP contribution in [0.1, 0.15) is 34.6 Å². The first-order valence-corrected chi connectivity index (χ1v) is 6.33. The highest BCUT2D eigenvalue weighted by atomic mass is 16.6. The van der Waals surface area contributed by atoms with E-state index >= 15 is 0 Å². The summed E-state index contributed by atoms with van der Waals surface area (Å²) in [5.41, 5.74) is 3.68. The molecule has 1 rings (SSSR count). The van der Waals surface area contributed by atoms with Crippen molar-refractivity contribution in [2.24, 2.45) is 0 Å². The Morgan fingerprint density at radius 2 is 1.89 bits per heavy atom. The molecule has 0 saturated carbocycles. The molecule has 19 heavy (non-hydrogen) atoms. The summed E-state index contributed by atoms with van der Waals surface area (Å²) >= 11 is 0. The lowest BCUT2D eigenvalue weighted by Gasteiger charge is -2.35. The predicted octanol–water partition coefficient (Wildman–Crippen LogP) is 1.62. The van der Waals surface area contributed by atoms with Gasteiger partial charge in [0.1, 0.15) is 5.60 Å². The number of amides is 1. The van der Waals surface area contributed by atoms with Crippen LogP contribution in [0.5, 0.6) is 0 Å². The van der Waals surface area contributed by atoms with Crippen LogP contribution in [-0.2, 0) is 14.3 Å². The molecule has 1 saturated heterocycles. The van der Waals surface area contributed by atoms with Gasteiger partial charge in [-0.3, -0.25) is 5.43 Å². The third kappa shape index (κ3) is 4.90. The van der Waals surface area contributed by atoms with Gasteiger partial charge in [0.25, 0.3) is 0 Å². The van der Waals surface area contributed by atoms with Crippen molar-refractivity contribution in [1.82, 2.24) is 10.4 Å². The first-order valence-electron chi connectivity index (χ1n) is 6.33. The zero-order valence-corrected chi connectivity index (χ0v) is 12.2. The summed E-state index contributed by atoms with van der Waals surface area (Å²) in [6, 6.07) is 0. The van der Waals surface area contributed by atoms with E-state index in [1.807, 2.05) is 0 Å². The molecule has 0 aliphatic carbocycles. The lowest BCUT2D eigenvalue weighted by molar-refractivity contribution is -0.138. The quantitative estimate of drug-likeness (QED) is 0.623. The number of ether oxygens (including phenoxy) is 2. The number of carbonyl (C=O) groups is 2. The van der Waals surface area contributed by atoms with Crippen LogP contribution in [0.25, 0.3) is 0 Å². The zero-order chi connectivity index (χ0) is 14.6. The minimum Gasteiger partial charge on any atom is -0.463 e. The highest BCUT2D eigenvalue weighted by Gasteiger charge is 2.27. The molecule has 6 heteroatoms. The number of esters is 1. The molecule has 1 fully saturated rings. The number of nitrogens with zero attached hydrogens (tertiary/aromatic N) is 1. The van der Waals surface area contributed by atoms with E-state index in [-0.39, 0.29) is 5.97 Å². The molecular weight excluding hydrogens is 248 g/mol. The Bertz CT molecular complexity index is 388. The molecule has 0 atom stereocenters. The maximum atomic E-state index is 11.5. The van der Waals surface area contributed by atoms with E-state index in [2.05, 4.69) is 5.43 Å². The maximum absolute atomic E-state index is 11.5. The van der Waals surface area contributed by atoms with Crippen molar-refractivity contribution in [1.29, 1.82) is 0 Å². The maximum Gasteiger partial charge on any atom is 0.422 e. The van der Waals surface area contributed by atoms with Crippen LogP contribution >= 0.6 is 0 Å². The van der Waals surface area contributed by atoms with Gasteiger partial charge in [-0.2, -0.15) is 0 Å². The van der Waals surface area contributed by atoms with E-state index in [1.54, 1.807) is 39.6 Å². The predicted molar refractivity (Wildman–Crippen MR) is 70.3 cm³/mol. The Balaban J connectivity index is 2.40. The standard InChI is InChI=1S/C13H22N2O4/c1-6-18-11(16)9(2)10-7-15(8-10)14-12(17)19-13(3,4)5/h6-8H2,1-5H3,(H,14,17). The Hall–Kier alpha value is -1.56. The average Bonchev–Trinajstić information content (AvgIpc) is 2.19. The lowest BCUT2D eigenvalue weighted by atomic mass is 10.0. The minimum absolute atomic E-state index is 0.297. The third-order valence-electron chi connectivity index (χ3n) is 2.52. The van der Waals surface area contributed by atoms with Gasteiger partial charge in [0.05, 0.1) is 6.61 Å². The molecular formula is C13H22N2O4. The van der Waals surface area contributed by atoms with E-state index in [0.717, 1.165) is 5.57 Å². The fourth-order valence-corrected chi connectivity index (χ4v) is 1.54. The second-order valence-corrected chi connectivity index (χ2v) is 5.42. The highest BCUT2D eigenvalue weighted by Crippen LogP contribution is 2.18. The molecule has 0 aromatic heterocycles. The summed E-state index contributed by atoms with van der Waals surface area (Å²) < 4.78 is 10.0. The average molecular weight is 270 g/mol. The fourth-order valence-electron chi connectivity index (χ4n) is 1.54. The van der Waals surface area contributed by atoms with Crippen LogP contribution in [0.4, 0.5) is 4.79 Å². The van der Waals surface area contributed by atoms with Gasteiger partial charge in [0.15, 0.2) is 0 Å². The fraction of sp³-hybridized carbons (Fsp3) is 0.692. The molecule has 0 aromatic rings. The Labute approximate surface area is 113 Å². The van der Waals surface area contributed by atoms with Crippen molar-refractivity contribution < 1.29 is 19.1 Å². The third-order valence-corrected chi connectivity index (χ3v) is 2.52. The van der Waals surface area contributed by atoms with Gasteiger partial charge in [-0.25, -0.2) is 14.6 Å². The van der Waals surface area contributed by atoms with Gasteiger partial charge in [-0.15, -0.1) is 0 Å². The summed E-state index contributed by atoms with van der Waals surface area (Å²) in [7, 11) is 0. The Morgan fingerprint density at radius 1 is 1.32 bits per heavy atom. The molecule has 1 aliphatic rings. The van der Waals surface area contributed by atoms with Crippen molar-refractivity contribution in [3.8, 4) is 0 Å². The summed E-state index contributed by atoms with van der Waals surface area (Å²) in [4.78, 5) is 23.0. The molecule has 0 spiro atoms. The smallest absolute Gasteiger partial charge is 0.422 e. The normalized spacial score (nSPS) is 15.5. The van der Waals surface area contributed by atoms with E-state index in [9.17, 15) is 9.59 Å². The van der Waals surface area contributed by atoms with Crippen LogP contribution in [-0.4, -0.2) is 42.4 Å². The minimum atomic E-state index is -0.519. The second-order valence-electron chi connectivity index (χ2n) is 5.42. The van der Waals surface area contributed by atoms with Crippen molar-refractivity contribution >= 4 is 12.1 Å².